The Bertz CT molecular complexity index is 1100. The van der Waals surface area contributed by atoms with E-state index >= 15 is 0 Å². The monoisotopic (exact) mass is 440 g/mol. The Labute approximate surface area is 173 Å². The molecule has 1 aliphatic rings. The van der Waals surface area contributed by atoms with Crippen LogP contribution in [0.5, 0.6) is 0 Å². The van der Waals surface area contributed by atoms with Gasteiger partial charge in [-0.25, -0.2) is 12.7 Å². The van der Waals surface area contributed by atoms with Gasteiger partial charge in [0.15, 0.2) is 0 Å². The van der Waals surface area contributed by atoms with E-state index in [4.69, 9.17) is 23.2 Å². The highest BCUT2D eigenvalue weighted by Crippen LogP contribution is 2.39. The number of nitrogens with zero attached hydrogens (tertiary/aromatic N) is 1. The summed E-state index contributed by atoms with van der Waals surface area (Å²) in [5.41, 5.74) is 0.409. The zero-order valence-corrected chi connectivity index (χ0v) is 17.7. The topological polar surface area (TPSA) is 83.6 Å². The first-order chi connectivity index (χ1) is 12.9. The molecule has 1 saturated heterocycles. The SMILES string of the molecule is Cc1ccc(NC(=O)c2ccc(Cl)c(N3C(=O)C(C)(C)CS3(=O)=O)c2)cc1Cl. The molecule has 1 heterocycles. The molecule has 9 heteroatoms. The van der Waals surface area contributed by atoms with Crippen molar-refractivity contribution in [3.8, 4) is 0 Å². The molecule has 3 rings (SSSR count). The Morgan fingerprint density at radius 1 is 1.11 bits per heavy atom. The molecule has 0 atom stereocenters. The van der Waals surface area contributed by atoms with Crippen LogP contribution in [0.2, 0.25) is 10.0 Å². The molecule has 1 aliphatic heterocycles. The Hall–Kier alpha value is -2.09. The number of sulfonamides is 1. The fourth-order valence-electron chi connectivity index (χ4n) is 2.93. The lowest BCUT2D eigenvalue weighted by atomic mass is 9.95. The lowest BCUT2D eigenvalue weighted by Gasteiger charge is -2.19. The molecule has 28 heavy (non-hydrogen) atoms. The van der Waals surface area contributed by atoms with Gasteiger partial charge in [0, 0.05) is 16.3 Å². The number of anilines is 2. The predicted octanol–water partition coefficient (Wildman–Crippen LogP) is 4.26. The maximum Gasteiger partial charge on any atom is 0.255 e. The lowest BCUT2D eigenvalue weighted by molar-refractivity contribution is -0.123. The summed E-state index contributed by atoms with van der Waals surface area (Å²) in [5.74, 6) is -1.40. The average Bonchev–Trinajstić information content (AvgIpc) is 2.75. The maximum absolute atomic E-state index is 12.6. The molecular formula is C19H18Cl2N2O4S. The highest BCUT2D eigenvalue weighted by molar-refractivity contribution is 7.94. The molecule has 0 spiro atoms. The van der Waals surface area contributed by atoms with Crippen molar-refractivity contribution >= 4 is 56.4 Å². The van der Waals surface area contributed by atoms with Crippen molar-refractivity contribution < 1.29 is 18.0 Å². The summed E-state index contributed by atoms with van der Waals surface area (Å²) >= 11 is 12.2. The van der Waals surface area contributed by atoms with Gasteiger partial charge in [-0.05, 0) is 56.7 Å². The van der Waals surface area contributed by atoms with E-state index in [1.54, 1.807) is 32.0 Å². The second-order valence-electron chi connectivity index (χ2n) is 7.29. The molecule has 1 N–H and O–H groups in total. The summed E-state index contributed by atoms with van der Waals surface area (Å²) in [6, 6.07) is 9.22. The van der Waals surface area contributed by atoms with Crippen molar-refractivity contribution in [1.29, 1.82) is 0 Å². The van der Waals surface area contributed by atoms with Gasteiger partial charge in [-0.2, -0.15) is 0 Å². The van der Waals surface area contributed by atoms with Crippen LogP contribution in [0.15, 0.2) is 36.4 Å². The highest BCUT2D eigenvalue weighted by Gasteiger charge is 2.50. The van der Waals surface area contributed by atoms with E-state index in [0.29, 0.717) is 15.0 Å². The summed E-state index contributed by atoms with van der Waals surface area (Å²) in [5, 5.41) is 3.26. The van der Waals surface area contributed by atoms with Crippen LogP contribution < -0.4 is 9.62 Å². The van der Waals surface area contributed by atoms with Crippen molar-refractivity contribution in [2.24, 2.45) is 5.41 Å². The van der Waals surface area contributed by atoms with Gasteiger partial charge in [0.2, 0.25) is 15.9 Å². The smallest absolute Gasteiger partial charge is 0.255 e. The van der Waals surface area contributed by atoms with Gasteiger partial charge >= 0.3 is 0 Å². The minimum atomic E-state index is -3.88. The summed E-state index contributed by atoms with van der Waals surface area (Å²) in [4.78, 5) is 25.2. The number of nitrogens with one attached hydrogen (secondary N) is 1. The van der Waals surface area contributed by atoms with Gasteiger partial charge in [0.25, 0.3) is 5.91 Å². The van der Waals surface area contributed by atoms with Gasteiger partial charge in [0.05, 0.1) is 21.9 Å². The van der Waals surface area contributed by atoms with Gasteiger partial charge in [-0.1, -0.05) is 29.3 Å². The number of carbonyl (C=O) groups is 2. The molecule has 0 aliphatic carbocycles. The number of hydrogen-bond acceptors (Lipinski definition) is 4. The molecule has 1 fully saturated rings. The number of halogens is 2. The third-order valence-corrected chi connectivity index (χ3v) is 7.17. The van der Waals surface area contributed by atoms with Crippen molar-refractivity contribution in [3.63, 3.8) is 0 Å². The Morgan fingerprint density at radius 3 is 2.36 bits per heavy atom. The normalized spacial score (nSPS) is 17.6. The molecule has 6 nitrogen and oxygen atoms in total. The molecule has 148 valence electrons. The third kappa shape index (κ3) is 3.74. The second-order valence-corrected chi connectivity index (χ2v) is 9.93. The van der Waals surface area contributed by atoms with E-state index in [9.17, 15) is 18.0 Å². The molecular weight excluding hydrogens is 423 g/mol. The predicted molar refractivity (Wildman–Crippen MR) is 111 cm³/mol. The fourth-order valence-corrected chi connectivity index (χ4v) is 5.47. The lowest BCUT2D eigenvalue weighted by Crippen LogP contribution is -2.33. The van der Waals surface area contributed by atoms with Crippen LogP contribution >= 0.6 is 23.2 Å². The van der Waals surface area contributed by atoms with Crippen LogP contribution in [0.3, 0.4) is 0 Å². The van der Waals surface area contributed by atoms with Gasteiger partial charge in [-0.3, -0.25) is 9.59 Å². The van der Waals surface area contributed by atoms with Gasteiger partial charge < -0.3 is 5.32 Å². The van der Waals surface area contributed by atoms with Crippen LogP contribution in [0.1, 0.15) is 29.8 Å². The van der Waals surface area contributed by atoms with Crippen LogP contribution in [-0.2, 0) is 14.8 Å². The number of aryl methyl sites for hydroxylation is 1. The average molecular weight is 441 g/mol. The molecule has 0 radical (unpaired) electrons. The first-order valence-corrected chi connectivity index (χ1v) is 10.7. The molecule has 0 aromatic heterocycles. The molecule has 0 unspecified atom stereocenters. The quantitative estimate of drug-likeness (QED) is 0.772. The van der Waals surface area contributed by atoms with Crippen LogP contribution in [0.4, 0.5) is 11.4 Å². The number of rotatable bonds is 3. The second kappa shape index (κ2) is 7.06. The van der Waals surface area contributed by atoms with E-state index < -0.39 is 27.3 Å². The van der Waals surface area contributed by atoms with Crippen molar-refractivity contribution in [3.05, 3.63) is 57.6 Å². The zero-order chi connectivity index (χ0) is 20.9. The summed E-state index contributed by atoms with van der Waals surface area (Å²) < 4.78 is 25.7. The van der Waals surface area contributed by atoms with E-state index in [1.807, 2.05) is 6.92 Å². The molecule has 2 aromatic rings. The first-order valence-electron chi connectivity index (χ1n) is 8.37. The molecule has 0 bridgehead atoms. The number of carbonyl (C=O) groups excluding carboxylic acids is 2. The summed E-state index contributed by atoms with van der Waals surface area (Å²) in [7, 11) is -3.88. The van der Waals surface area contributed by atoms with Crippen molar-refractivity contribution in [2.75, 3.05) is 15.4 Å². The van der Waals surface area contributed by atoms with Crippen molar-refractivity contribution in [1.82, 2.24) is 0 Å². The Balaban J connectivity index is 1.96. The summed E-state index contributed by atoms with van der Waals surface area (Å²) in [6.45, 7) is 4.95. The number of hydrogen-bond donors (Lipinski definition) is 1. The number of amides is 2. The Kier molecular flexibility index (Phi) is 5.20. The number of benzene rings is 2. The molecule has 2 amide bonds. The fraction of sp³-hybridized carbons (Fsp3) is 0.263. The van der Waals surface area contributed by atoms with E-state index in [-0.39, 0.29) is 22.0 Å². The Morgan fingerprint density at radius 2 is 1.79 bits per heavy atom. The standard InChI is InChI=1S/C19H18Cl2N2O4S/c1-11-4-6-13(9-15(11)21)22-17(24)12-5-7-14(20)16(8-12)23-18(25)19(2,3)10-28(23,26)27/h4-9H,10H2,1-3H3,(H,22,24). The van der Waals surface area contributed by atoms with Gasteiger partial charge in [-0.15, -0.1) is 0 Å². The summed E-state index contributed by atoms with van der Waals surface area (Å²) in [6.07, 6.45) is 0. The van der Waals surface area contributed by atoms with E-state index in [0.717, 1.165) is 5.56 Å². The van der Waals surface area contributed by atoms with E-state index in [1.165, 1.54) is 18.2 Å². The van der Waals surface area contributed by atoms with Crippen LogP contribution in [0.25, 0.3) is 0 Å². The maximum atomic E-state index is 12.6. The molecule has 0 saturated carbocycles. The first kappa shape index (κ1) is 20.6. The van der Waals surface area contributed by atoms with Crippen molar-refractivity contribution in [2.45, 2.75) is 20.8 Å². The van der Waals surface area contributed by atoms with Crippen LogP contribution in [-0.4, -0.2) is 26.0 Å². The minimum Gasteiger partial charge on any atom is -0.322 e. The third-order valence-electron chi connectivity index (χ3n) is 4.44. The largest absolute Gasteiger partial charge is 0.322 e. The molecule has 2 aromatic carbocycles. The van der Waals surface area contributed by atoms with Crippen LogP contribution in [0, 0.1) is 12.3 Å². The highest BCUT2D eigenvalue weighted by atomic mass is 35.5. The minimum absolute atomic E-state index is 0.0353. The zero-order valence-electron chi connectivity index (χ0n) is 15.4. The van der Waals surface area contributed by atoms with E-state index in [2.05, 4.69) is 5.32 Å². The van der Waals surface area contributed by atoms with Gasteiger partial charge in [0.1, 0.15) is 0 Å².